The van der Waals surface area contributed by atoms with E-state index in [1.807, 2.05) is 39.1 Å². The first-order valence-electron chi connectivity index (χ1n) is 5.46. The average molecular weight is 218 g/mol. The SMILES string of the molecule is CCC=C(C)C(=O)N(C)Cc1cccnc1. The molecule has 0 spiro atoms. The van der Waals surface area contributed by atoms with Gasteiger partial charge in [-0.25, -0.2) is 0 Å². The second-order valence-electron chi connectivity index (χ2n) is 3.82. The molecule has 0 aliphatic rings. The van der Waals surface area contributed by atoms with Crippen molar-refractivity contribution in [2.45, 2.75) is 26.8 Å². The van der Waals surface area contributed by atoms with Crippen LogP contribution >= 0.6 is 0 Å². The first-order chi connectivity index (χ1) is 7.65. The number of likely N-dealkylation sites (N-methyl/N-ethyl adjacent to an activating group) is 1. The molecule has 0 aliphatic carbocycles. The van der Waals surface area contributed by atoms with Gasteiger partial charge in [0, 0.05) is 31.6 Å². The van der Waals surface area contributed by atoms with Gasteiger partial charge >= 0.3 is 0 Å². The fourth-order valence-corrected chi connectivity index (χ4v) is 1.53. The lowest BCUT2D eigenvalue weighted by atomic mass is 10.2. The molecule has 0 bridgehead atoms. The summed E-state index contributed by atoms with van der Waals surface area (Å²) in [6.07, 6.45) is 6.34. The van der Waals surface area contributed by atoms with Crippen molar-refractivity contribution < 1.29 is 4.79 Å². The highest BCUT2D eigenvalue weighted by Crippen LogP contribution is 2.06. The van der Waals surface area contributed by atoms with Crippen molar-refractivity contribution in [2.75, 3.05) is 7.05 Å². The predicted molar refractivity (Wildman–Crippen MR) is 64.8 cm³/mol. The zero-order valence-corrected chi connectivity index (χ0v) is 10.1. The number of rotatable bonds is 4. The number of hydrogen-bond donors (Lipinski definition) is 0. The van der Waals surface area contributed by atoms with Gasteiger partial charge < -0.3 is 4.90 Å². The van der Waals surface area contributed by atoms with E-state index in [9.17, 15) is 4.79 Å². The van der Waals surface area contributed by atoms with Crippen molar-refractivity contribution in [3.63, 3.8) is 0 Å². The van der Waals surface area contributed by atoms with Crippen LogP contribution in [0.2, 0.25) is 0 Å². The third-order valence-electron chi connectivity index (χ3n) is 2.34. The highest BCUT2D eigenvalue weighted by Gasteiger charge is 2.10. The van der Waals surface area contributed by atoms with Crippen LogP contribution in [0.4, 0.5) is 0 Å². The van der Waals surface area contributed by atoms with Gasteiger partial charge in [-0.05, 0) is 25.0 Å². The minimum absolute atomic E-state index is 0.0747. The number of pyridine rings is 1. The summed E-state index contributed by atoms with van der Waals surface area (Å²) < 4.78 is 0. The summed E-state index contributed by atoms with van der Waals surface area (Å²) >= 11 is 0. The topological polar surface area (TPSA) is 33.2 Å². The molecule has 0 radical (unpaired) electrons. The van der Waals surface area contributed by atoms with Gasteiger partial charge in [0.15, 0.2) is 0 Å². The molecule has 0 saturated heterocycles. The van der Waals surface area contributed by atoms with Gasteiger partial charge in [-0.15, -0.1) is 0 Å². The third-order valence-corrected chi connectivity index (χ3v) is 2.34. The van der Waals surface area contributed by atoms with Crippen LogP contribution < -0.4 is 0 Å². The monoisotopic (exact) mass is 218 g/mol. The number of amides is 1. The zero-order chi connectivity index (χ0) is 12.0. The lowest BCUT2D eigenvalue weighted by Gasteiger charge is -2.17. The van der Waals surface area contributed by atoms with Crippen molar-refractivity contribution in [2.24, 2.45) is 0 Å². The van der Waals surface area contributed by atoms with Gasteiger partial charge in [-0.3, -0.25) is 9.78 Å². The molecule has 1 amide bonds. The van der Waals surface area contributed by atoms with Crippen molar-refractivity contribution in [1.82, 2.24) is 9.88 Å². The van der Waals surface area contributed by atoms with Gasteiger partial charge in [-0.2, -0.15) is 0 Å². The van der Waals surface area contributed by atoms with E-state index in [0.717, 1.165) is 17.6 Å². The molecular weight excluding hydrogens is 200 g/mol. The van der Waals surface area contributed by atoms with Crippen molar-refractivity contribution in [3.8, 4) is 0 Å². The molecule has 0 unspecified atom stereocenters. The van der Waals surface area contributed by atoms with E-state index < -0.39 is 0 Å². The number of carbonyl (C=O) groups is 1. The summed E-state index contributed by atoms with van der Waals surface area (Å²) in [5.74, 6) is 0.0747. The van der Waals surface area contributed by atoms with Crippen molar-refractivity contribution >= 4 is 5.91 Å². The first-order valence-corrected chi connectivity index (χ1v) is 5.46. The molecular formula is C13H18N2O. The Bertz CT molecular complexity index is 371. The quantitative estimate of drug-likeness (QED) is 0.727. The molecule has 86 valence electrons. The van der Waals surface area contributed by atoms with Crippen LogP contribution in [0.1, 0.15) is 25.8 Å². The van der Waals surface area contributed by atoms with Crippen LogP contribution in [0.25, 0.3) is 0 Å². The van der Waals surface area contributed by atoms with Crippen molar-refractivity contribution in [3.05, 3.63) is 41.7 Å². The number of carbonyl (C=O) groups excluding carboxylic acids is 1. The smallest absolute Gasteiger partial charge is 0.249 e. The predicted octanol–water partition coefficient (Wildman–Crippen LogP) is 2.40. The Balaban J connectivity index is 2.63. The highest BCUT2D eigenvalue weighted by atomic mass is 16.2. The molecule has 1 rings (SSSR count). The Morgan fingerprint density at radius 3 is 2.88 bits per heavy atom. The van der Waals surface area contributed by atoms with E-state index in [0.29, 0.717) is 6.54 Å². The van der Waals surface area contributed by atoms with Gasteiger partial charge in [0.1, 0.15) is 0 Å². The van der Waals surface area contributed by atoms with E-state index in [4.69, 9.17) is 0 Å². The third kappa shape index (κ3) is 3.50. The van der Waals surface area contributed by atoms with E-state index in [-0.39, 0.29) is 5.91 Å². The number of aromatic nitrogens is 1. The number of hydrogen-bond acceptors (Lipinski definition) is 2. The van der Waals surface area contributed by atoms with Crippen LogP contribution in [0.15, 0.2) is 36.2 Å². The summed E-state index contributed by atoms with van der Waals surface area (Å²) in [5.41, 5.74) is 1.84. The normalized spacial score (nSPS) is 11.3. The van der Waals surface area contributed by atoms with Gasteiger partial charge in [0.2, 0.25) is 5.91 Å². The largest absolute Gasteiger partial charge is 0.338 e. The number of nitrogens with zero attached hydrogens (tertiary/aromatic N) is 2. The standard InChI is InChI=1S/C13H18N2O/c1-4-6-11(2)13(16)15(3)10-12-7-5-8-14-9-12/h5-9H,4,10H2,1-3H3. The lowest BCUT2D eigenvalue weighted by Crippen LogP contribution is -2.26. The van der Waals surface area contributed by atoms with Gasteiger partial charge in [0.25, 0.3) is 0 Å². The molecule has 1 aromatic rings. The van der Waals surface area contributed by atoms with Crippen LogP contribution in [-0.4, -0.2) is 22.8 Å². The van der Waals surface area contributed by atoms with Crippen LogP contribution in [0.3, 0.4) is 0 Å². The molecule has 0 aliphatic heterocycles. The van der Waals surface area contributed by atoms with E-state index in [1.165, 1.54) is 0 Å². The minimum atomic E-state index is 0.0747. The Labute approximate surface area is 96.8 Å². The van der Waals surface area contributed by atoms with Crippen LogP contribution in [0.5, 0.6) is 0 Å². The summed E-state index contributed by atoms with van der Waals surface area (Å²) in [6.45, 7) is 4.48. The van der Waals surface area contributed by atoms with E-state index in [2.05, 4.69) is 4.98 Å². The molecule has 3 heteroatoms. The fourth-order valence-electron chi connectivity index (χ4n) is 1.53. The Kier molecular flexibility index (Phi) is 4.70. The molecule has 16 heavy (non-hydrogen) atoms. The second kappa shape index (κ2) is 6.05. The van der Waals surface area contributed by atoms with Crippen LogP contribution in [-0.2, 0) is 11.3 Å². The first kappa shape index (κ1) is 12.4. The molecule has 3 nitrogen and oxygen atoms in total. The number of allylic oxidation sites excluding steroid dienone is 1. The molecule has 0 atom stereocenters. The Hall–Kier alpha value is -1.64. The van der Waals surface area contributed by atoms with Gasteiger partial charge in [0.05, 0.1) is 0 Å². The minimum Gasteiger partial charge on any atom is -0.338 e. The fraction of sp³-hybridized carbons (Fsp3) is 0.385. The Morgan fingerprint density at radius 2 is 2.31 bits per heavy atom. The molecule has 1 heterocycles. The maximum atomic E-state index is 11.9. The second-order valence-corrected chi connectivity index (χ2v) is 3.82. The maximum absolute atomic E-state index is 11.9. The van der Waals surface area contributed by atoms with Crippen LogP contribution in [0, 0.1) is 0 Å². The molecule has 0 N–H and O–H groups in total. The van der Waals surface area contributed by atoms with E-state index >= 15 is 0 Å². The zero-order valence-electron chi connectivity index (χ0n) is 10.1. The van der Waals surface area contributed by atoms with Gasteiger partial charge in [-0.1, -0.05) is 19.1 Å². The highest BCUT2D eigenvalue weighted by molar-refractivity contribution is 5.92. The van der Waals surface area contributed by atoms with Crippen molar-refractivity contribution in [1.29, 1.82) is 0 Å². The summed E-state index contributed by atoms with van der Waals surface area (Å²) in [7, 11) is 1.81. The molecule has 0 saturated carbocycles. The molecule has 1 aromatic heterocycles. The summed E-state index contributed by atoms with van der Waals surface area (Å²) in [5, 5.41) is 0. The Morgan fingerprint density at radius 1 is 1.56 bits per heavy atom. The van der Waals surface area contributed by atoms with E-state index in [1.54, 1.807) is 17.3 Å². The molecule has 0 fully saturated rings. The lowest BCUT2D eigenvalue weighted by molar-refractivity contribution is -0.126. The average Bonchev–Trinajstić information content (AvgIpc) is 2.29. The summed E-state index contributed by atoms with van der Waals surface area (Å²) in [4.78, 5) is 17.6. The summed E-state index contributed by atoms with van der Waals surface area (Å²) in [6, 6.07) is 3.85. The molecule has 0 aromatic carbocycles. The maximum Gasteiger partial charge on any atom is 0.249 e.